The second kappa shape index (κ2) is 4.57. The van der Waals surface area contributed by atoms with Gasteiger partial charge in [0, 0.05) is 24.2 Å². The monoisotopic (exact) mass is 252 g/mol. The van der Waals surface area contributed by atoms with E-state index < -0.39 is 0 Å². The van der Waals surface area contributed by atoms with Crippen LogP contribution in [0.2, 0.25) is 0 Å². The van der Waals surface area contributed by atoms with Crippen LogP contribution in [0.4, 0.5) is 0 Å². The van der Waals surface area contributed by atoms with Crippen molar-refractivity contribution < 1.29 is 9.53 Å². The second-order valence-electron chi connectivity index (χ2n) is 4.15. The van der Waals surface area contributed by atoms with Gasteiger partial charge in [0.25, 0.3) is 0 Å². The molecule has 94 valence electrons. The normalized spacial score (nSPS) is 10.6. The van der Waals surface area contributed by atoms with Crippen molar-refractivity contribution in [1.82, 2.24) is 9.38 Å². The molecule has 0 atom stereocenters. The molecule has 3 aromatic rings. The summed E-state index contributed by atoms with van der Waals surface area (Å²) < 4.78 is 6.68. The molecular weight excluding hydrogens is 240 g/mol. The number of pyridine rings is 1. The van der Waals surface area contributed by atoms with E-state index in [-0.39, 0.29) is 5.97 Å². The van der Waals surface area contributed by atoms with Crippen LogP contribution < -0.4 is 0 Å². The molecule has 4 nitrogen and oxygen atoms in total. The lowest BCUT2D eigenvalue weighted by Crippen LogP contribution is -2.01. The van der Waals surface area contributed by atoms with Gasteiger partial charge in [-0.3, -0.25) is 0 Å². The van der Waals surface area contributed by atoms with E-state index in [2.05, 4.69) is 4.98 Å². The van der Waals surface area contributed by atoms with Crippen molar-refractivity contribution in [2.24, 2.45) is 0 Å². The molecule has 0 N–H and O–H groups in total. The Balaban J connectivity index is 2.16. The van der Waals surface area contributed by atoms with Crippen LogP contribution in [0.3, 0.4) is 0 Å². The Hall–Kier alpha value is -2.62. The van der Waals surface area contributed by atoms with Gasteiger partial charge in [0.05, 0.1) is 12.7 Å². The fraction of sp³-hybridized carbons (Fsp3) is 0.0667. The number of methoxy groups -OCH3 is 1. The Morgan fingerprint density at radius 3 is 2.95 bits per heavy atom. The number of carbonyl (C=O) groups excluding carboxylic acids is 1. The SMILES string of the molecule is COC(=O)c1cccc(-c2cccn3ccnc23)c1. The number of hydrogen-bond acceptors (Lipinski definition) is 3. The maximum atomic E-state index is 11.6. The van der Waals surface area contributed by atoms with Gasteiger partial charge in [0.15, 0.2) is 0 Å². The Morgan fingerprint density at radius 1 is 1.21 bits per heavy atom. The van der Waals surface area contributed by atoms with Gasteiger partial charge in [-0.2, -0.15) is 0 Å². The lowest BCUT2D eigenvalue weighted by Gasteiger charge is -2.06. The number of aromatic nitrogens is 2. The number of benzene rings is 1. The minimum absolute atomic E-state index is 0.336. The zero-order chi connectivity index (χ0) is 13.2. The molecule has 19 heavy (non-hydrogen) atoms. The van der Waals surface area contributed by atoms with Crippen LogP contribution in [0.15, 0.2) is 55.0 Å². The van der Waals surface area contributed by atoms with Gasteiger partial charge in [-0.1, -0.05) is 12.1 Å². The minimum atomic E-state index is -0.336. The summed E-state index contributed by atoms with van der Waals surface area (Å²) in [6, 6.07) is 11.3. The lowest BCUT2D eigenvalue weighted by molar-refractivity contribution is 0.0601. The number of esters is 1. The van der Waals surface area contributed by atoms with Crippen molar-refractivity contribution >= 4 is 11.6 Å². The zero-order valence-corrected chi connectivity index (χ0v) is 10.4. The van der Waals surface area contributed by atoms with Crippen LogP contribution in [0.25, 0.3) is 16.8 Å². The van der Waals surface area contributed by atoms with Crippen LogP contribution in [0, 0.1) is 0 Å². The molecule has 0 fully saturated rings. The fourth-order valence-electron chi connectivity index (χ4n) is 2.11. The quantitative estimate of drug-likeness (QED) is 0.659. The number of rotatable bonds is 2. The topological polar surface area (TPSA) is 43.6 Å². The highest BCUT2D eigenvalue weighted by Gasteiger charge is 2.09. The molecule has 0 saturated carbocycles. The summed E-state index contributed by atoms with van der Waals surface area (Å²) in [5.74, 6) is -0.336. The first-order chi connectivity index (χ1) is 9.29. The largest absolute Gasteiger partial charge is 0.465 e. The molecule has 0 amide bonds. The van der Waals surface area contributed by atoms with Gasteiger partial charge in [0.2, 0.25) is 0 Å². The Labute approximate surface area is 110 Å². The van der Waals surface area contributed by atoms with Gasteiger partial charge in [-0.15, -0.1) is 0 Å². The lowest BCUT2D eigenvalue weighted by atomic mass is 10.0. The maximum absolute atomic E-state index is 11.6. The number of carbonyl (C=O) groups is 1. The van der Waals surface area contributed by atoms with Gasteiger partial charge in [0.1, 0.15) is 5.65 Å². The van der Waals surface area contributed by atoms with Crippen LogP contribution in [0.5, 0.6) is 0 Å². The van der Waals surface area contributed by atoms with E-state index in [4.69, 9.17) is 4.74 Å². The third-order valence-corrected chi connectivity index (χ3v) is 3.01. The molecule has 0 aliphatic rings. The number of fused-ring (bicyclic) bond motifs is 1. The molecule has 0 unspecified atom stereocenters. The van der Waals surface area contributed by atoms with Crippen molar-refractivity contribution in [2.75, 3.05) is 7.11 Å². The van der Waals surface area contributed by atoms with Crippen molar-refractivity contribution in [2.45, 2.75) is 0 Å². The first kappa shape index (κ1) is 11.5. The summed E-state index contributed by atoms with van der Waals surface area (Å²) in [5, 5.41) is 0. The summed E-state index contributed by atoms with van der Waals surface area (Å²) in [6.45, 7) is 0. The average molecular weight is 252 g/mol. The van der Waals surface area contributed by atoms with Crippen LogP contribution in [0.1, 0.15) is 10.4 Å². The van der Waals surface area contributed by atoms with E-state index in [1.54, 1.807) is 12.3 Å². The molecular formula is C15H12N2O2. The molecule has 4 heteroatoms. The number of nitrogens with zero attached hydrogens (tertiary/aromatic N) is 2. The number of ether oxygens (including phenoxy) is 1. The molecule has 0 aliphatic carbocycles. The molecule has 3 rings (SSSR count). The van der Waals surface area contributed by atoms with Crippen LogP contribution in [-0.4, -0.2) is 22.5 Å². The Kier molecular flexibility index (Phi) is 2.76. The van der Waals surface area contributed by atoms with E-state index >= 15 is 0 Å². The van der Waals surface area contributed by atoms with E-state index in [1.807, 2.05) is 47.1 Å². The molecule has 1 aromatic carbocycles. The standard InChI is InChI=1S/C15H12N2O2/c1-19-15(18)12-5-2-4-11(10-12)13-6-3-8-17-9-7-16-14(13)17/h2-10H,1H3. The summed E-state index contributed by atoms with van der Waals surface area (Å²) in [4.78, 5) is 15.9. The molecule has 2 aromatic heterocycles. The van der Waals surface area contributed by atoms with Crippen molar-refractivity contribution in [3.63, 3.8) is 0 Å². The van der Waals surface area contributed by atoms with Gasteiger partial charge in [-0.05, 0) is 29.8 Å². The molecule has 0 aliphatic heterocycles. The van der Waals surface area contributed by atoms with Gasteiger partial charge in [-0.25, -0.2) is 9.78 Å². The Bertz CT molecular complexity index is 746. The third kappa shape index (κ3) is 1.97. The molecule has 0 saturated heterocycles. The number of hydrogen-bond donors (Lipinski definition) is 0. The van der Waals surface area contributed by atoms with Gasteiger partial charge >= 0.3 is 5.97 Å². The van der Waals surface area contributed by atoms with E-state index in [9.17, 15) is 4.79 Å². The smallest absolute Gasteiger partial charge is 0.337 e. The van der Waals surface area contributed by atoms with E-state index in [0.717, 1.165) is 16.8 Å². The summed E-state index contributed by atoms with van der Waals surface area (Å²) >= 11 is 0. The molecule has 0 bridgehead atoms. The summed E-state index contributed by atoms with van der Waals surface area (Å²) in [7, 11) is 1.38. The average Bonchev–Trinajstić information content (AvgIpc) is 2.94. The number of imidazole rings is 1. The summed E-state index contributed by atoms with van der Waals surface area (Å²) in [5.41, 5.74) is 3.33. The summed E-state index contributed by atoms with van der Waals surface area (Å²) in [6.07, 6.45) is 5.59. The fourth-order valence-corrected chi connectivity index (χ4v) is 2.11. The molecule has 2 heterocycles. The van der Waals surface area contributed by atoms with Crippen molar-refractivity contribution in [3.8, 4) is 11.1 Å². The maximum Gasteiger partial charge on any atom is 0.337 e. The molecule has 0 spiro atoms. The van der Waals surface area contributed by atoms with Crippen molar-refractivity contribution in [1.29, 1.82) is 0 Å². The first-order valence-corrected chi connectivity index (χ1v) is 5.90. The highest BCUT2D eigenvalue weighted by atomic mass is 16.5. The zero-order valence-electron chi connectivity index (χ0n) is 10.4. The minimum Gasteiger partial charge on any atom is -0.465 e. The predicted octanol–water partition coefficient (Wildman–Crippen LogP) is 2.79. The van der Waals surface area contributed by atoms with Crippen LogP contribution >= 0.6 is 0 Å². The Morgan fingerprint density at radius 2 is 2.11 bits per heavy atom. The van der Waals surface area contributed by atoms with E-state index in [0.29, 0.717) is 5.56 Å². The first-order valence-electron chi connectivity index (χ1n) is 5.90. The highest BCUT2D eigenvalue weighted by molar-refractivity contribution is 5.91. The molecule has 0 radical (unpaired) electrons. The third-order valence-electron chi connectivity index (χ3n) is 3.01. The van der Waals surface area contributed by atoms with Crippen molar-refractivity contribution in [3.05, 3.63) is 60.6 Å². The van der Waals surface area contributed by atoms with E-state index in [1.165, 1.54) is 7.11 Å². The van der Waals surface area contributed by atoms with Crippen LogP contribution in [-0.2, 0) is 4.74 Å². The van der Waals surface area contributed by atoms with Gasteiger partial charge < -0.3 is 9.14 Å². The highest BCUT2D eigenvalue weighted by Crippen LogP contribution is 2.24. The second-order valence-corrected chi connectivity index (χ2v) is 4.15. The predicted molar refractivity (Wildman–Crippen MR) is 72.0 cm³/mol.